The van der Waals surface area contributed by atoms with Crippen molar-refractivity contribution in [1.82, 2.24) is 0 Å². The average molecular weight is 276 g/mol. The SMILES string of the molecule is CSCC(C)C(=O)Cc1ccc(C(F)(F)F)cc1. The number of hydrogen-bond donors (Lipinski definition) is 0. The summed E-state index contributed by atoms with van der Waals surface area (Å²) in [4.78, 5) is 11.7. The van der Waals surface area contributed by atoms with Crippen LogP contribution < -0.4 is 0 Å². The Labute approximate surface area is 109 Å². The average Bonchev–Trinajstić information content (AvgIpc) is 2.28. The number of benzene rings is 1. The minimum absolute atomic E-state index is 0.0594. The fraction of sp³-hybridized carbons (Fsp3) is 0.462. The minimum atomic E-state index is -4.32. The summed E-state index contributed by atoms with van der Waals surface area (Å²) < 4.78 is 37.0. The van der Waals surface area contributed by atoms with Crippen LogP contribution in [-0.2, 0) is 17.4 Å². The lowest BCUT2D eigenvalue weighted by Gasteiger charge is -2.10. The van der Waals surface area contributed by atoms with Crippen molar-refractivity contribution in [3.05, 3.63) is 35.4 Å². The second-order valence-electron chi connectivity index (χ2n) is 4.19. The molecule has 0 amide bonds. The number of Topliss-reactive ketones (excluding diaryl/α,β-unsaturated/α-hetero) is 1. The van der Waals surface area contributed by atoms with E-state index in [9.17, 15) is 18.0 Å². The highest BCUT2D eigenvalue weighted by Gasteiger charge is 2.30. The molecule has 0 aliphatic rings. The van der Waals surface area contributed by atoms with Crippen LogP contribution in [0.15, 0.2) is 24.3 Å². The van der Waals surface area contributed by atoms with Gasteiger partial charge in [0.05, 0.1) is 5.56 Å². The van der Waals surface area contributed by atoms with Gasteiger partial charge in [-0.15, -0.1) is 0 Å². The van der Waals surface area contributed by atoms with Crippen LogP contribution in [0, 0.1) is 5.92 Å². The first-order valence-corrected chi connectivity index (χ1v) is 6.91. The van der Waals surface area contributed by atoms with Gasteiger partial charge in [0.15, 0.2) is 0 Å². The lowest BCUT2D eigenvalue weighted by molar-refractivity contribution is -0.137. The first-order chi connectivity index (χ1) is 8.34. The molecule has 0 aromatic heterocycles. The number of carbonyl (C=O) groups excluding carboxylic acids is 1. The molecule has 100 valence electrons. The van der Waals surface area contributed by atoms with Gasteiger partial charge in [-0.1, -0.05) is 19.1 Å². The van der Waals surface area contributed by atoms with Gasteiger partial charge in [-0.3, -0.25) is 4.79 Å². The molecule has 0 saturated carbocycles. The number of alkyl halides is 3. The van der Waals surface area contributed by atoms with Crippen molar-refractivity contribution in [3.8, 4) is 0 Å². The highest BCUT2D eigenvalue weighted by Crippen LogP contribution is 2.29. The smallest absolute Gasteiger partial charge is 0.299 e. The van der Waals surface area contributed by atoms with E-state index in [1.165, 1.54) is 12.1 Å². The molecule has 0 spiro atoms. The number of ketones is 1. The summed E-state index contributed by atoms with van der Waals surface area (Å²) in [5, 5.41) is 0. The Morgan fingerprint density at radius 3 is 2.28 bits per heavy atom. The molecule has 1 aromatic rings. The molecule has 0 bridgehead atoms. The molecule has 1 unspecified atom stereocenters. The zero-order valence-corrected chi connectivity index (χ0v) is 11.1. The van der Waals surface area contributed by atoms with E-state index in [0.29, 0.717) is 5.56 Å². The summed E-state index contributed by atoms with van der Waals surface area (Å²) in [6.45, 7) is 1.84. The Hall–Kier alpha value is -0.970. The van der Waals surface area contributed by atoms with Crippen molar-refractivity contribution in [1.29, 1.82) is 0 Å². The molecule has 0 aliphatic heterocycles. The van der Waals surface area contributed by atoms with Crippen molar-refractivity contribution in [2.24, 2.45) is 5.92 Å². The summed E-state index contributed by atoms with van der Waals surface area (Å²) in [7, 11) is 0. The zero-order chi connectivity index (χ0) is 13.8. The fourth-order valence-electron chi connectivity index (χ4n) is 1.53. The van der Waals surface area contributed by atoms with Gasteiger partial charge < -0.3 is 0 Å². The monoisotopic (exact) mass is 276 g/mol. The largest absolute Gasteiger partial charge is 0.416 e. The summed E-state index contributed by atoms with van der Waals surface area (Å²) in [5.74, 6) is 0.728. The first kappa shape index (κ1) is 15.1. The van der Waals surface area contributed by atoms with Gasteiger partial charge in [-0.25, -0.2) is 0 Å². The zero-order valence-electron chi connectivity index (χ0n) is 10.3. The third-order valence-corrected chi connectivity index (χ3v) is 3.46. The quantitative estimate of drug-likeness (QED) is 0.813. The number of rotatable bonds is 5. The highest BCUT2D eigenvalue weighted by atomic mass is 32.2. The predicted molar refractivity (Wildman–Crippen MR) is 67.7 cm³/mol. The molecule has 18 heavy (non-hydrogen) atoms. The van der Waals surface area contributed by atoms with Crippen LogP contribution in [-0.4, -0.2) is 17.8 Å². The third-order valence-electron chi connectivity index (χ3n) is 2.63. The molecule has 0 heterocycles. The standard InChI is InChI=1S/C13H15F3OS/c1-9(8-18-2)12(17)7-10-3-5-11(6-4-10)13(14,15)16/h3-6,9H,7-8H2,1-2H3. The maximum absolute atomic E-state index is 12.3. The summed E-state index contributed by atoms with van der Waals surface area (Å²) in [5.41, 5.74) is -0.0585. The summed E-state index contributed by atoms with van der Waals surface area (Å²) >= 11 is 1.58. The van der Waals surface area contributed by atoms with Gasteiger partial charge in [0.1, 0.15) is 5.78 Å². The van der Waals surface area contributed by atoms with E-state index in [2.05, 4.69) is 0 Å². The Balaban J connectivity index is 2.67. The Bertz CT molecular complexity index is 398. The van der Waals surface area contributed by atoms with Gasteiger partial charge in [-0.2, -0.15) is 24.9 Å². The van der Waals surface area contributed by atoms with Crippen molar-refractivity contribution < 1.29 is 18.0 Å². The van der Waals surface area contributed by atoms with E-state index in [1.807, 2.05) is 13.2 Å². The van der Waals surface area contributed by atoms with Crippen LogP contribution in [0.4, 0.5) is 13.2 Å². The van der Waals surface area contributed by atoms with E-state index in [4.69, 9.17) is 0 Å². The topological polar surface area (TPSA) is 17.1 Å². The molecule has 0 aliphatic carbocycles. The molecule has 1 atom stereocenters. The molecule has 1 aromatic carbocycles. The van der Waals surface area contributed by atoms with Gasteiger partial charge >= 0.3 is 6.18 Å². The van der Waals surface area contributed by atoms with Crippen LogP contribution in [0.5, 0.6) is 0 Å². The van der Waals surface area contributed by atoms with Gasteiger partial charge in [-0.05, 0) is 24.0 Å². The number of hydrogen-bond acceptors (Lipinski definition) is 2. The Kier molecular flexibility index (Phi) is 5.26. The molecule has 0 N–H and O–H groups in total. The molecule has 0 saturated heterocycles. The van der Waals surface area contributed by atoms with Crippen molar-refractivity contribution in [2.75, 3.05) is 12.0 Å². The highest BCUT2D eigenvalue weighted by molar-refractivity contribution is 7.98. The molecule has 5 heteroatoms. The molecule has 0 radical (unpaired) electrons. The lowest BCUT2D eigenvalue weighted by atomic mass is 10.00. The summed E-state index contributed by atoms with van der Waals surface area (Å²) in [6, 6.07) is 4.77. The van der Waals surface area contributed by atoms with Crippen molar-refractivity contribution in [2.45, 2.75) is 19.5 Å². The second kappa shape index (κ2) is 6.27. The van der Waals surface area contributed by atoms with E-state index < -0.39 is 11.7 Å². The number of thioether (sulfide) groups is 1. The van der Waals surface area contributed by atoms with Gasteiger partial charge in [0.25, 0.3) is 0 Å². The maximum Gasteiger partial charge on any atom is 0.416 e. The Morgan fingerprint density at radius 1 is 1.28 bits per heavy atom. The van der Waals surface area contributed by atoms with Crippen LogP contribution in [0.1, 0.15) is 18.1 Å². The van der Waals surface area contributed by atoms with Crippen LogP contribution in [0.3, 0.4) is 0 Å². The first-order valence-electron chi connectivity index (χ1n) is 5.52. The molecule has 1 rings (SSSR count). The second-order valence-corrected chi connectivity index (χ2v) is 5.10. The van der Waals surface area contributed by atoms with Crippen LogP contribution in [0.25, 0.3) is 0 Å². The van der Waals surface area contributed by atoms with E-state index in [0.717, 1.165) is 17.9 Å². The van der Waals surface area contributed by atoms with Gasteiger partial charge in [0, 0.05) is 18.1 Å². The predicted octanol–water partition coefficient (Wildman–Crippen LogP) is 3.82. The molecular formula is C13H15F3OS. The van der Waals surface area contributed by atoms with E-state index >= 15 is 0 Å². The molecule has 1 nitrogen and oxygen atoms in total. The molecular weight excluding hydrogens is 261 g/mol. The van der Waals surface area contributed by atoms with Gasteiger partial charge in [0.2, 0.25) is 0 Å². The molecule has 0 fully saturated rings. The van der Waals surface area contributed by atoms with Crippen LogP contribution in [0.2, 0.25) is 0 Å². The normalized spacial score (nSPS) is 13.4. The third kappa shape index (κ3) is 4.37. The maximum atomic E-state index is 12.3. The lowest BCUT2D eigenvalue weighted by Crippen LogP contribution is -2.16. The summed E-state index contributed by atoms with van der Waals surface area (Å²) in [6.07, 6.45) is -2.21. The van der Waals surface area contributed by atoms with Crippen LogP contribution >= 0.6 is 11.8 Å². The van der Waals surface area contributed by atoms with E-state index in [1.54, 1.807) is 11.8 Å². The van der Waals surface area contributed by atoms with Crippen molar-refractivity contribution >= 4 is 17.5 Å². The number of halogens is 3. The van der Waals surface area contributed by atoms with E-state index in [-0.39, 0.29) is 18.1 Å². The number of carbonyl (C=O) groups is 1. The fourth-order valence-corrected chi connectivity index (χ4v) is 2.22. The van der Waals surface area contributed by atoms with Crippen molar-refractivity contribution in [3.63, 3.8) is 0 Å². The Morgan fingerprint density at radius 2 is 1.83 bits per heavy atom. The minimum Gasteiger partial charge on any atom is -0.299 e.